The van der Waals surface area contributed by atoms with E-state index in [2.05, 4.69) is 21.2 Å². The van der Waals surface area contributed by atoms with Gasteiger partial charge in [-0.1, -0.05) is 0 Å². The van der Waals surface area contributed by atoms with Gasteiger partial charge in [-0.3, -0.25) is 4.79 Å². The molecule has 0 heterocycles. The fourth-order valence-corrected chi connectivity index (χ4v) is 2.19. The van der Waals surface area contributed by atoms with E-state index in [1.807, 2.05) is 0 Å². The van der Waals surface area contributed by atoms with Gasteiger partial charge < -0.3 is 5.32 Å². The zero-order valence-corrected chi connectivity index (χ0v) is 12.4. The van der Waals surface area contributed by atoms with Gasteiger partial charge in [0, 0.05) is 18.2 Å². The molecule has 0 aromatic heterocycles. The van der Waals surface area contributed by atoms with Gasteiger partial charge in [0.1, 0.15) is 17.5 Å². The quantitative estimate of drug-likeness (QED) is 0.884. The van der Waals surface area contributed by atoms with Crippen LogP contribution in [0.2, 0.25) is 0 Å². The predicted octanol–water partition coefficient (Wildman–Crippen LogP) is 3.84. The first kappa shape index (κ1) is 15.6. The Balaban J connectivity index is 1.93. The van der Waals surface area contributed by atoms with Gasteiger partial charge in [-0.25, -0.2) is 13.2 Å². The van der Waals surface area contributed by atoms with Crippen molar-refractivity contribution in [3.05, 3.63) is 69.4 Å². The molecule has 1 N–H and O–H groups in total. The van der Waals surface area contributed by atoms with Crippen molar-refractivity contribution in [3.8, 4) is 0 Å². The first-order valence-corrected chi connectivity index (χ1v) is 6.93. The molecule has 0 saturated heterocycles. The summed E-state index contributed by atoms with van der Waals surface area (Å²) in [6.07, 6.45) is 0.294. The van der Waals surface area contributed by atoms with Gasteiger partial charge in [-0.05, 0) is 58.2 Å². The fraction of sp³-hybridized carbons (Fsp3) is 0.133. The van der Waals surface area contributed by atoms with E-state index in [0.717, 1.165) is 6.07 Å². The van der Waals surface area contributed by atoms with Gasteiger partial charge >= 0.3 is 0 Å². The third-order valence-corrected chi connectivity index (χ3v) is 3.41. The normalized spacial score (nSPS) is 10.5. The lowest BCUT2D eigenvalue weighted by molar-refractivity contribution is 0.0954. The van der Waals surface area contributed by atoms with Crippen LogP contribution in [0.3, 0.4) is 0 Å². The highest BCUT2D eigenvalue weighted by molar-refractivity contribution is 9.10. The number of rotatable bonds is 4. The van der Waals surface area contributed by atoms with Crippen LogP contribution in [0.15, 0.2) is 40.9 Å². The van der Waals surface area contributed by atoms with E-state index in [1.165, 1.54) is 30.3 Å². The molecule has 2 aromatic rings. The molecule has 0 aliphatic heterocycles. The van der Waals surface area contributed by atoms with Crippen LogP contribution in [0.4, 0.5) is 13.2 Å². The molecule has 21 heavy (non-hydrogen) atoms. The van der Waals surface area contributed by atoms with Crippen molar-refractivity contribution in [2.24, 2.45) is 0 Å². The summed E-state index contributed by atoms with van der Waals surface area (Å²) in [5.74, 6) is -2.15. The number of hydrogen-bond acceptors (Lipinski definition) is 1. The molecular formula is C15H11BrF3NO. The van der Waals surface area contributed by atoms with Crippen LogP contribution in [0, 0.1) is 17.5 Å². The Hall–Kier alpha value is -1.82. The van der Waals surface area contributed by atoms with Crippen LogP contribution in [0.1, 0.15) is 15.9 Å². The standard InChI is InChI=1S/C15H11BrF3NO/c16-13-7-10(1-2-14(13)19)15(21)20-4-3-9-5-11(17)8-12(18)6-9/h1-2,5-8H,3-4H2,(H,20,21). The number of amides is 1. The van der Waals surface area contributed by atoms with E-state index in [0.29, 0.717) is 17.5 Å². The second kappa shape index (κ2) is 6.76. The molecule has 0 atom stereocenters. The van der Waals surface area contributed by atoms with Crippen molar-refractivity contribution >= 4 is 21.8 Å². The van der Waals surface area contributed by atoms with Crippen molar-refractivity contribution in [2.45, 2.75) is 6.42 Å². The Morgan fingerprint density at radius 2 is 1.71 bits per heavy atom. The molecule has 0 aliphatic carbocycles. The molecule has 0 spiro atoms. The molecule has 2 rings (SSSR count). The van der Waals surface area contributed by atoms with E-state index in [9.17, 15) is 18.0 Å². The molecule has 0 fully saturated rings. The van der Waals surface area contributed by atoms with Crippen molar-refractivity contribution in [3.63, 3.8) is 0 Å². The fourth-order valence-electron chi connectivity index (χ4n) is 1.82. The van der Waals surface area contributed by atoms with Crippen molar-refractivity contribution in [2.75, 3.05) is 6.54 Å². The Bertz CT molecular complexity index is 656. The van der Waals surface area contributed by atoms with Crippen LogP contribution in [-0.4, -0.2) is 12.5 Å². The zero-order valence-electron chi connectivity index (χ0n) is 10.8. The van der Waals surface area contributed by atoms with Gasteiger partial charge in [0.15, 0.2) is 0 Å². The van der Waals surface area contributed by atoms with Crippen LogP contribution >= 0.6 is 15.9 Å². The number of nitrogens with one attached hydrogen (secondary N) is 1. The van der Waals surface area contributed by atoms with Gasteiger partial charge in [-0.15, -0.1) is 0 Å². The second-order valence-corrected chi connectivity index (χ2v) is 5.27. The summed E-state index contributed by atoms with van der Waals surface area (Å²) in [5, 5.41) is 2.61. The Kier molecular flexibility index (Phi) is 5.01. The van der Waals surface area contributed by atoms with Crippen LogP contribution < -0.4 is 5.32 Å². The maximum absolute atomic E-state index is 13.1. The predicted molar refractivity (Wildman–Crippen MR) is 76.5 cm³/mol. The summed E-state index contributed by atoms with van der Waals surface area (Å²) in [7, 11) is 0. The minimum atomic E-state index is -0.654. The Labute approximate surface area is 128 Å². The summed E-state index contributed by atoms with van der Waals surface area (Å²) in [4.78, 5) is 11.8. The largest absolute Gasteiger partial charge is 0.352 e. The highest BCUT2D eigenvalue weighted by Gasteiger charge is 2.08. The third-order valence-electron chi connectivity index (χ3n) is 2.80. The summed E-state index contributed by atoms with van der Waals surface area (Å²) in [5.41, 5.74) is 0.752. The summed E-state index contributed by atoms with van der Waals surface area (Å²) < 4.78 is 39.2. The number of hydrogen-bond donors (Lipinski definition) is 1. The molecule has 2 aromatic carbocycles. The number of carbonyl (C=O) groups is 1. The van der Waals surface area contributed by atoms with Crippen LogP contribution in [-0.2, 0) is 6.42 Å². The molecule has 0 aliphatic rings. The molecule has 0 radical (unpaired) electrons. The van der Waals surface area contributed by atoms with Gasteiger partial charge in [0.2, 0.25) is 0 Å². The van der Waals surface area contributed by atoms with Crippen LogP contribution in [0.5, 0.6) is 0 Å². The molecule has 6 heteroatoms. The zero-order chi connectivity index (χ0) is 15.4. The maximum Gasteiger partial charge on any atom is 0.251 e. The second-order valence-electron chi connectivity index (χ2n) is 4.41. The lowest BCUT2D eigenvalue weighted by atomic mass is 10.1. The van der Waals surface area contributed by atoms with E-state index in [4.69, 9.17) is 0 Å². The van der Waals surface area contributed by atoms with Gasteiger partial charge in [0.25, 0.3) is 5.91 Å². The SMILES string of the molecule is O=C(NCCc1cc(F)cc(F)c1)c1ccc(F)c(Br)c1. The number of carbonyl (C=O) groups excluding carboxylic acids is 1. The van der Waals surface area contributed by atoms with E-state index in [1.54, 1.807) is 0 Å². The minimum absolute atomic E-state index is 0.197. The topological polar surface area (TPSA) is 29.1 Å². The molecule has 1 amide bonds. The molecular weight excluding hydrogens is 347 g/mol. The molecule has 0 bridgehead atoms. The summed E-state index contributed by atoms with van der Waals surface area (Å²) in [6, 6.07) is 7.12. The highest BCUT2D eigenvalue weighted by atomic mass is 79.9. The average molecular weight is 358 g/mol. The van der Waals surface area contributed by atoms with E-state index >= 15 is 0 Å². The van der Waals surface area contributed by atoms with Crippen molar-refractivity contribution in [1.29, 1.82) is 0 Å². The first-order chi connectivity index (χ1) is 9.95. The maximum atomic E-state index is 13.1. The van der Waals surface area contributed by atoms with Gasteiger partial charge in [0.05, 0.1) is 4.47 Å². The van der Waals surface area contributed by atoms with Crippen molar-refractivity contribution < 1.29 is 18.0 Å². The smallest absolute Gasteiger partial charge is 0.251 e. The third kappa shape index (κ3) is 4.32. The molecule has 0 unspecified atom stereocenters. The Morgan fingerprint density at radius 1 is 1.05 bits per heavy atom. The Morgan fingerprint density at radius 3 is 2.33 bits per heavy atom. The first-order valence-electron chi connectivity index (χ1n) is 6.14. The lowest BCUT2D eigenvalue weighted by Gasteiger charge is -2.06. The van der Waals surface area contributed by atoms with E-state index < -0.39 is 17.5 Å². The number of halogens is 4. The van der Waals surface area contributed by atoms with Crippen LogP contribution in [0.25, 0.3) is 0 Å². The number of benzene rings is 2. The highest BCUT2D eigenvalue weighted by Crippen LogP contribution is 2.16. The minimum Gasteiger partial charge on any atom is -0.352 e. The average Bonchev–Trinajstić information content (AvgIpc) is 2.40. The summed E-state index contributed by atoms with van der Waals surface area (Å²) >= 11 is 3.00. The van der Waals surface area contributed by atoms with Gasteiger partial charge in [-0.2, -0.15) is 0 Å². The van der Waals surface area contributed by atoms with E-state index in [-0.39, 0.29) is 16.9 Å². The summed E-state index contributed by atoms with van der Waals surface area (Å²) in [6.45, 7) is 0.219. The monoisotopic (exact) mass is 357 g/mol. The molecule has 110 valence electrons. The molecule has 0 saturated carbocycles. The van der Waals surface area contributed by atoms with Crippen molar-refractivity contribution in [1.82, 2.24) is 5.32 Å². The lowest BCUT2D eigenvalue weighted by Crippen LogP contribution is -2.25. The molecule has 2 nitrogen and oxygen atoms in total.